The number of amides is 1. The lowest BCUT2D eigenvalue weighted by atomic mass is 10.0. The molecule has 5 rings (SSSR count). The van der Waals surface area contributed by atoms with Gasteiger partial charge in [-0.1, -0.05) is 12.1 Å². The van der Waals surface area contributed by atoms with Crippen molar-refractivity contribution in [1.29, 1.82) is 0 Å². The molecule has 210 valence electrons. The van der Waals surface area contributed by atoms with Crippen molar-refractivity contribution >= 4 is 40.6 Å². The third kappa shape index (κ3) is 6.64. The van der Waals surface area contributed by atoms with Crippen molar-refractivity contribution in [3.63, 3.8) is 0 Å². The van der Waals surface area contributed by atoms with Crippen LogP contribution in [0.15, 0.2) is 59.4 Å². The van der Waals surface area contributed by atoms with Gasteiger partial charge in [-0.25, -0.2) is 4.98 Å². The minimum Gasteiger partial charge on any atom is -0.393 e. The zero-order valence-corrected chi connectivity index (χ0v) is 23.3. The van der Waals surface area contributed by atoms with Crippen LogP contribution in [0.5, 0.6) is 0 Å². The average Bonchev–Trinajstić information content (AvgIpc) is 3.38. The molecule has 3 N–H and O–H groups in total. The van der Waals surface area contributed by atoms with Crippen molar-refractivity contribution in [1.82, 2.24) is 25.0 Å². The molecule has 0 aliphatic carbocycles. The number of rotatable bonds is 8. The summed E-state index contributed by atoms with van der Waals surface area (Å²) in [6, 6.07) is 9.69. The molecule has 2 saturated heterocycles. The molecule has 0 radical (unpaired) electrons. The molecule has 3 aromatic rings. The van der Waals surface area contributed by atoms with E-state index in [0.717, 1.165) is 92.1 Å². The highest BCUT2D eigenvalue weighted by atomic mass is 16.3. The van der Waals surface area contributed by atoms with E-state index >= 15 is 0 Å². The Morgan fingerprint density at radius 3 is 2.70 bits per heavy atom. The first-order valence-corrected chi connectivity index (χ1v) is 13.8. The molecule has 2 aliphatic heterocycles. The molecule has 4 heterocycles. The maximum Gasteiger partial charge on any atom is 0.276 e. The highest BCUT2D eigenvalue weighted by molar-refractivity contribution is 6.11. The third-order valence-electron chi connectivity index (χ3n) is 7.69. The number of carbonyl (C=O) groups excluding carboxylic acids is 1. The van der Waals surface area contributed by atoms with E-state index in [1.54, 1.807) is 18.5 Å². The van der Waals surface area contributed by atoms with Gasteiger partial charge < -0.3 is 20.2 Å². The molecule has 0 spiro atoms. The van der Waals surface area contributed by atoms with Gasteiger partial charge in [-0.2, -0.15) is 5.10 Å². The molecule has 1 aromatic carbocycles. The van der Waals surface area contributed by atoms with Crippen LogP contribution in [0, 0.1) is 0 Å². The number of aliphatic hydroxyl groups is 1. The molecule has 2 aliphatic rings. The Morgan fingerprint density at radius 2 is 1.95 bits per heavy atom. The van der Waals surface area contributed by atoms with Gasteiger partial charge in [0.2, 0.25) is 0 Å². The number of aliphatic hydroxyl groups excluding tert-OH is 1. The van der Waals surface area contributed by atoms with Crippen molar-refractivity contribution in [2.75, 3.05) is 63.1 Å². The Morgan fingerprint density at radius 1 is 1.18 bits per heavy atom. The van der Waals surface area contributed by atoms with Crippen LogP contribution < -0.4 is 10.2 Å². The number of carbonyl (C=O) groups is 1. The van der Waals surface area contributed by atoms with Crippen molar-refractivity contribution < 1.29 is 9.90 Å². The van der Waals surface area contributed by atoms with E-state index in [1.807, 2.05) is 24.3 Å². The number of aliphatic imine (C=N–C) groups is 1. The van der Waals surface area contributed by atoms with Crippen LogP contribution in [0.2, 0.25) is 0 Å². The standard InChI is InChI=1S/C30H38N8O2/c1-21(16-22(19-31-2)20-37-10-7-25(39)8-11-37)23-4-5-27-26(17-23)29(35-34-27)30(40)33-24-6-9-32-28(18-24)38-14-12-36(3)13-15-38/h4-6,9,16-19,25,39H,2,7-8,10-15,20H2,1,3H3,(H,34,35)(H,32,33,40)/b21-16+,22-19+. The Kier molecular flexibility index (Phi) is 8.69. The number of piperazine rings is 1. The van der Waals surface area contributed by atoms with Crippen molar-refractivity contribution in [2.24, 2.45) is 4.99 Å². The number of pyridine rings is 1. The number of fused-ring (bicyclic) bond motifs is 1. The summed E-state index contributed by atoms with van der Waals surface area (Å²) in [4.78, 5) is 28.7. The number of aromatic nitrogens is 3. The summed E-state index contributed by atoms with van der Waals surface area (Å²) in [6.45, 7) is 11.9. The molecule has 10 nitrogen and oxygen atoms in total. The molecule has 0 bridgehead atoms. The van der Waals surface area contributed by atoms with E-state index in [-0.39, 0.29) is 12.0 Å². The van der Waals surface area contributed by atoms with Crippen LogP contribution in [0.25, 0.3) is 16.5 Å². The normalized spacial score (nSPS) is 18.3. The third-order valence-corrected chi connectivity index (χ3v) is 7.69. The number of hydrogen-bond acceptors (Lipinski definition) is 8. The number of nitrogens with zero attached hydrogens (tertiary/aromatic N) is 6. The molecule has 2 aromatic heterocycles. The summed E-state index contributed by atoms with van der Waals surface area (Å²) in [5.74, 6) is 0.587. The maximum atomic E-state index is 13.3. The Hall–Kier alpha value is -3.86. The van der Waals surface area contributed by atoms with Crippen LogP contribution in [0.4, 0.5) is 11.5 Å². The molecular weight excluding hydrogens is 504 g/mol. The first kappa shape index (κ1) is 27.7. The zero-order valence-electron chi connectivity index (χ0n) is 23.3. The lowest BCUT2D eigenvalue weighted by Crippen LogP contribution is -2.44. The topological polar surface area (TPSA) is 113 Å². The molecule has 0 saturated carbocycles. The maximum absolute atomic E-state index is 13.3. The molecule has 1 amide bonds. The quantitative estimate of drug-likeness (QED) is 0.295. The number of likely N-dealkylation sites (N-methyl/N-ethyl adjacent to an activating group) is 1. The highest BCUT2D eigenvalue weighted by Crippen LogP contribution is 2.25. The SMILES string of the molecule is C=N/C=C(\C=C(/C)c1ccc2[nH]nc(C(=O)Nc3ccnc(N4CCN(C)CC4)c3)c2c1)CN1CCC(O)CC1. The fraction of sp³-hybridized carbons (Fsp3) is 0.400. The fourth-order valence-corrected chi connectivity index (χ4v) is 5.27. The van der Waals surface area contributed by atoms with E-state index in [2.05, 4.69) is 67.0 Å². The Bertz CT molecular complexity index is 1410. The van der Waals surface area contributed by atoms with E-state index in [4.69, 9.17) is 0 Å². The Labute approximate surface area is 235 Å². The molecule has 0 atom stereocenters. The largest absolute Gasteiger partial charge is 0.393 e. The summed E-state index contributed by atoms with van der Waals surface area (Å²) in [7, 11) is 2.12. The monoisotopic (exact) mass is 542 g/mol. The molecule has 10 heteroatoms. The van der Waals surface area contributed by atoms with E-state index in [0.29, 0.717) is 11.4 Å². The van der Waals surface area contributed by atoms with Crippen LogP contribution in [-0.4, -0.2) is 102 Å². The summed E-state index contributed by atoms with van der Waals surface area (Å²) in [6.07, 6.45) is 7.00. The van der Waals surface area contributed by atoms with Gasteiger partial charge in [0.15, 0.2) is 5.69 Å². The minimum atomic E-state index is -0.274. The predicted molar refractivity (Wildman–Crippen MR) is 161 cm³/mol. The van der Waals surface area contributed by atoms with E-state index in [1.165, 1.54) is 0 Å². The van der Waals surface area contributed by atoms with Crippen molar-refractivity contribution in [3.05, 3.63) is 65.6 Å². The first-order valence-electron chi connectivity index (χ1n) is 13.8. The van der Waals surface area contributed by atoms with Crippen molar-refractivity contribution in [2.45, 2.75) is 25.9 Å². The van der Waals surface area contributed by atoms with Gasteiger partial charge in [-0.15, -0.1) is 0 Å². The smallest absolute Gasteiger partial charge is 0.276 e. The first-order chi connectivity index (χ1) is 19.4. The van der Waals surface area contributed by atoms with Gasteiger partial charge in [0.05, 0.1) is 11.6 Å². The summed E-state index contributed by atoms with van der Waals surface area (Å²) >= 11 is 0. The molecule has 40 heavy (non-hydrogen) atoms. The minimum absolute atomic E-state index is 0.205. The number of allylic oxidation sites excluding steroid dienone is 1. The number of nitrogens with one attached hydrogen (secondary N) is 2. The van der Waals surface area contributed by atoms with Gasteiger partial charge in [0, 0.05) is 75.4 Å². The lowest BCUT2D eigenvalue weighted by molar-refractivity contribution is 0.0872. The van der Waals surface area contributed by atoms with E-state index < -0.39 is 0 Å². The van der Waals surface area contributed by atoms with Gasteiger partial charge in [-0.05, 0) is 68.4 Å². The number of benzene rings is 1. The molecule has 2 fully saturated rings. The number of likely N-dealkylation sites (tertiary alicyclic amines) is 1. The van der Waals surface area contributed by atoms with Crippen LogP contribution in [0.1, 0.15) is 35.8 Å². The zero-order chi connectivity index (χ0) is 28.1. The number of piperidine rings is 1. The van der Waals surface area contributed by atoms with E-state index in [9.17, 15) is 9.90 Å². The second-order valence-corrected chi connectivity index (χ2v) is 10.7. The van der Waals surface area contributed by atoms with Crippen LogP contribution in [0.3, 0.4) is 0 Å². The average molecular weight is 543 g/mol. The summed E-state index contributed by atoms with van der Waals surface area (Å²) in [5.41, 5.74) is 4.92. The number of aromatic amines is 1. The van der Waals surface area contributed by atoms with Crippen LogP contribution >= 0.6 is 0 Å². The Balaban J connectivity index is 1.32. The van der Waals surface area contributed by atoms with Gasteiger partial charge in [0.1, 0.15) is 5.82 Å². The highest BCUT2D eigenvalue weighted by Gasteiger charge is 2.19. The summed E-state index contributed by atoms with van der Waals surface area (Å²) in [5, 5.41) is 20.9. The second kappa shape index (κ2) is 12.5. The number of H-pyrrole nitrogens is 1. The molecular formula is C30H38N8O2. The fourth-order valence-electron chi connectivity index (χ4n) is 5.27. The number of hydrogen-bond donors (Lipinski definition) is 3. The molecule has 0 unspecified atom stereocenters. The van der Waals surface area contributed by atoms with Crippen LogP contribution in [-0.2, 0) is 0 Å². The second-order valence-electron chi connectivity index (χ2n) is 10.7. The van der Waals surface area contributed by atoms with Crippen molar-refractivity contribution in [3.8, 4) is 0 Å². The van der Waals surface area contributed by atoms with Gasteiger partial charge >= 0.3 is 0 Å². The predicted octanol–water partition coefficient (Wildman–Crippen LogP) is 3.41. The van der Waals surface area contributed by atoms with Gasteiger partial charge in [0.25, 0.3) is 5.91 Å². The van der Waals surface area contributed by atoms with Gasteiger partial charge in [-0.3, -0.25) is 19.8 Å². The summed E-state index contributed by atoms with van der Waals surface area (Å²) < 4.78 is 0. The number of anilines is 2. The lowest BCUT2D eigenvalue weighted by Gasteiger charge is -2.33.